The first-order valence-electron chi connectivity index (χ1n) is 7.15. The van der Waals surface area contributed by atoms with Crippen LogP contribution in [-0.4, -0.2) is 27.4 Å². The van der Waals surface area contributed by atoms with Gasteiger partial charge in [-0.15, -0.1) is 0 Å². The lowest BCUT2D eigenvalue weighted by Gasteiger charge is -2.04. The van der Waals surface area contributed by atoms with Crippen molar-refractivity contribution >= 4 is 28.5 Å². The van der Waals surface area contributed by atoms with E-state index in [0.29, 0.717) is 18.5 Å². The number of imidazole rings is 1. The predicted molar refractivity (Wildman–Crippen MR) is 88.9 cm³/mol. The van der Waals surface area contributed by atoms with E-state index in [0.717, 1.165) is 22.4 Å². The molecular weight excluding hydrogens is 316 g/mol. The molecule has 0 spiro atoms. The molecule has 0 aliphatic rings. The second-order valence-electron chi connectivity index (χ2n) is 5.23. The highest BCUT2D eigenvalue weighted by atomic mass is 35.5. The summed E-state index contributed by atoms with van der Waals surface area (Å²) >= 11 is 5.71. The first kappa shape index (κ1) is 15.3. The maximum atomic E-state index is 12.0. The van der Waals surface area contributed by atoms with Gasteiger partial charge in [0.05, 0.1) is 16.6 Å². The summed E-state index contributed by atoms with van der Waals surface area (Å²) in [5.41, 5.74) is 2.94. The largest absolute Gasteiger partial charge is 0.352 e. The Morgan fingerprint density at radius 1 is 1.39 bits per heavy atom. The molecule has 0 aliphatic carbocycles. The van der Waals surface area contributed by atoms with E-state index in [-0.39, 0.29) is 10.9 Å². The Morgan fingerprint density at radius 2 is 2.22 bits per heavy atom. The summed E-state index contributed by atoms with van der Waals surface area (Å²) < 4.78 is 0. The summed E-state index contributed by atoms with van der Waals surface area (Å²) in [6, 6.07) is 7.30. The molecule has 0 bridgehead atoms. The van der Waals surface area contributed by atoms with Crippen molar-refractivity contribution in [2.24, 2.45) is 0 Å². The van der Waals surface area contributed by atoms with E-state index in [2.05, 4.69) is 20.3 Å². The zero-order chi connectivity index (χ0) is 16.4. The minimum absolute atomic E-state index is 0.00888. The quantitative estimate of drug-likeness (QED) is 0.685. The number of fused-ring (bicyclic) bond motifs is 1. The van der Waals surface area contributed by atoms with Crippen molar-refractivity contribution < 1.29 is 4.79 Å². The number of hydrogen-bond acceptors (Lipinski definition) is 3. The van der Waals surface area contributed by atoms with Crippen LogP contribution in [0, 0.1) is 6.92 Å². The summed E-state index contributed by atoms with van der Waals surface area (Å²) in [5.74, 6) is 0.518. The van der Waals surface area contributed by atoms with E-state index >= 15 is 0 Å². The lowest BCUT2D eigenvalue weighted by molar-refractivity contribution is 0.0953. The van der Waals surface area contributed by atoms with E-state index in [1.807, 2.05) is 25.1 Å². The Labute approximate surface area is 136 Å². The average Bonchev–Trinajstić information content (AvgIpc) is 2.94. The number of para-hydroxylation sites is 1. The van der Waals surface area contributed by atoms with Gasteiger partial charge in [0, 0.05) is 19.2 Å². The Morgan fingerprint density at radius 3 is 2.96 bits per heavy atom. The topological polar surface area (TPSA) is 90.6 Å². The maximum Gasteiger partial charge on any atom is 0.266 e. The monoisotopic (exact) mass is 330 g/mol. The van der Waals surface area contributed by atoms with Gasteiger partial charge in [0.15, 0.2) is 0 Å². The number of carbonyl (C=O) groups is 1. The molecule has 0 saturated heterocycles. The lowest BCUT2D eigenvalue weighted by atomic mass is 10.2. The number of aryl methyl sites for hydroxylation is 1. The molecule has 23 heavy (non-hydrogen) atoms. The van der Waals surface area contributed by atoms with Crippen LogP contribution >= 0.6 is 11.6 Å². The van der Waals surface area contributed by atoms with Crippen molar-refractivity contribution in [3.63, 3.8) is 0 Å². The number of H-pyrrole nitrogens is 2. The number of halogens is 1. The molecule has 7 heteroatoms. The number of amides is 1. The molecule has 0 unspecified atom stereocenters. The first-order chi connectivity index (χ1) is 11.0. The van der Waals surface area contributed by atoms with Crippen LogP contribution < -0.4 is 10.9 Å². The van der Waals surface area contributed by atoms with Gasteiger partial charge in [-0.2, -0.15) is 0 Å². The Bertz CT molecular complexity index is 929. The molecule has 118 valence electrons. The summed E-state index contributed by atoms with van der Waals surface area (Å²) in [7, 11) is 0. The zero-order valence-electron chi connectivity index (χ0n) is 12.4. The molecule has 1 amide bonds. The van der Waals surface area contributed by atoms with Crippen LogP contribution in [0.25, 0.3) is 11.0 Å². The van der Waals surface area contributed by atoms with Gasteiger partial charge in [-0.1, -0.05) is 23.7 Å². The molecule has 1 aromatic carbocycles. The van der Waals surface area contributed by atoms with Crippen LogP contribution in [0.3, 0.4) is 0 Å². The van der Waals surface area contributed by atoms with Crippen molar-refractivity contribution in [1.82, 2.24) is 20.3 Å². The van der Waals surface area contributed by atoms with Crippen LogP contribution in [0.5, 0.6) is 0 Å². The Hall–Kier alpha value is -2.60. The van der Waals surface area contributed by atoms with E-state index in [4.69, 9.17) is 11.6 Å². The van der Waals surface area contributed by atoms with Gasteiger partial charge in [0.25, 0.3) is 11.5 Å². The number of aromatic nitrogens is 3. The molecule has 6 nitrogen and oxygen atoms in total. The van der Waals surface area contributed by atoms with E-state index in [9.17, 15) is 9.59 Å². The van der Waals surface area contributed by atoms with Crippen LogP contribution in [0.2, 0.25) is 5.02 Å². The number of nitrogens with one attached hydrogen (secondary N) is 3. The first-order valence-corrected chi connectivity index (χ1v) is 7.53. The molecule has 3 aromatic rings. The third-order valence-electron chi connectivity index (χ3n) is 3.53. The Balaban J connectivity index is 1.63. The number of benzene rings is 1. The molecule has 3 rings (SSSR count). The second-order valence-corrected chi connectivity index (χ2v) is 5.63. The molecule has 0 radical (unpaired) electrons. The number of pyridine rings is 1. The fourth-order valence-corrected chi connectivity index (χ4v) is 2.50. The van der Waals surface area contributed by atoms with E-state index in [1.54, 1.807) is 0 Å². The summed E-state index contributed by atoms with van der Waals surface area (Å²) in [5, 5.41) is 2.76. The SMILES string of the molecule is Cc1cccc2[nH]c(CCNC(=O)c3c[nH]c(=O)c(Cl)c3)nc12. The summed E-state index contributed by atoms with van der Waals surface area (Å²) in [4.78, 5) is 33.4. The van der Waals surface area contributed by atoms with Crippen LogP contribution in [0.1, 0.15) is 21.7 Å². The molecule has 0 fully saturated rings. The predicted octanol–water partition coefficient (Wildman–Crippen LogP) is 2.19. The number of hydrogen-bond donors (Lipinski definition) is 3. The van der Waals surface area contributed by atoms with Gasteiger partial charge in [-0.25, -0.2) is 4.98 Å². The van der Waals surface area contributed by atoms with Crippen LogP contribution in [0.4, 0.5) is 0 Å². The highest BCUT2D eigenvalue weighted by Crippen LogP contribution is 2.15. The van der Waals surface area contributed by atoms with Crippen molar-refractivity contribution in [2.45, 2.75) is 13.3 Å². The third kappa shape index (κ3) is 3.27. The van der Waals surface area contributed by atoms with Gasteiger partial charge in [-0.3, -0.25) is 9.59 Å². The maximum absolute atomic E-state index is 12.0. The molecule has 2 heterocycles. The van der Waals surface area contributed by atoms with Gasteiger partial charge >= 0.3 is 0 Å². The van der Waals surface area contributed by atoms with E-state index in [1.165, 1.54) is 12.3 Å². The minimum atomic E-state index is -0.416. The Kier molecular flexibility index (Phi) is 4.16. The normalized spacial score (nSPS) is 10.9. The molecule has 2 aromatic heterocycles. The van der Waals surface area contributed by atoms with Gasteiger partial charge in [0.1, 0.15) is 10.8 Å². The highest BCUT2D eigenvalue weighted by Gasteiger charge is 2.09. The van der Waals surface area contributed by atoms with Gasteiger partial charge in [-0.05, 0) is 24.6 Å². The van der Waals surface area contributed by atoms with Crippen molar-refractivity contribution in [1.29, 1.82) is 0 Å². The molecule has 0 aliphatic heterocycles. The fourth-order valence-electron chi connectivity index (χ4n) is 2.33. The smallest absolute Gasteiger partial charge is 0.266 e. The highest BCUT2D eigenvalue weighted by molar-refractivity contribution is 6.30. The third-order valence-corrected chi connectivity index (χ3v) is 3.81. The molecular formula is C16H15ClN4O2. The van der Waals surface area contributed by atoms with Crippen molar-refractivity contribution in [3.8, 4) is 0 Å². The number of nitrogens with zero attached hydrogens (tertiary/aromatic N) is 1. The molecule has 3 N–H and O–H groups in total. The fraction of sp³-hybridized carbons (Fsp3) is 0.188. The molecule has 0 atom stereocenters. The van der Waals surface area contributed by atoms with Gasteiger partial charge < -0.3 is 15.3 Å². The van der Waals surface area contributed by atoms with Crippen molar-refractivity contribution in [3.05, 3.63) is 62.8 Å². The number of carbonyl (C=O) groups excluding carboxylic acids is 1. The standard InChI is InChI=1S/C16H15ClN4O2/c1-9-3-2-4-12-14(9)21-13(20-12)5-6-18-15(22)10-7-11(17)16(23)19-8-10/h2-4,7-8H,5-6H2,1H3,(H,18,22)(H,19,23)(H,20,21). The summed E-state index contributed by atoms with van der Waals surface area (Å²) in [6.45, 7) is 2.43. The van der Waals surface area contributed by atoms with E-state index < -0.39 is 5.56 Å². The van der Waals surface area contributed by atoms with Gasteiger partial charge in [0.2, 0.25) is 0 Å². The summed E-state index contributed by atoms with van der Waals surface area (Å²) in [6.07, 6.45) is 1.92. The van der Waals surface area contributed by atoms with Crippen LogP contribution in [0.15, 0.2) is 35.3 Å². The number of rotatable bonds is 4. The number of aromatic amines is 2. The average molecular weight is 331 g/mol. The molecule has 0 saturated carbocycles. The van der Waals surface area contributed by atoms with Crippen molar-refractivity contribution in [2.75, 3.05) is 6.54 Å². The minimum Gasteiger partial charge on any atom is -0.352 e. The lowest BCUT2D eigenvalue weighted by Crippen LogP contribution is -2.26. The second kappa shape index (κ2) is 6.26. The van der Waals surface area contributed by atoms with Crippen LogP contribution in [-0.2, 0) is 6.42 Å². The zero-order valence-corrected chi connectivity index (χ0v) is 13.2.